The maximum absolute atomic E-state index is 4.44. The average molecular weight is 315 g/mol. The predicted molar refractivity (Wildman–Crippen MR) is 106 cm³/mol. The van der Waals surface area contributed by atoms with Crippen molar-refractivity contribution < 1.29 is 0 Å². The number of hydrogen-bond donors (Lipinski definition) is 0. The fourth-order valence-corrected chi connectivity index (χ4v) is 3.75. The molecule has 23 heavy (non-hydrogen) atoms. The summed E-state index contributed by atoms with van der Waals surface area (Å²) < 4.78 is 0. The van der Waals surface area contributed by atoms with Gasteiger partial charge in [-0.2, -0.15) is 0 Å². The van der Waals surface area contributed by atoms with Crippen LogP contribution in [0.5, 0.6) is 0 Å². The standard InChI is InChI=1S/C23H38/c1-8-11-21(9-2)16-19(5)22-13-15-23(7,17-20(22)6)14-10-12-18(3)4/h12-13,15-16,19,22H,6,8-11,14,17H2,1-5,7H3/b21-16+. The summed E-state index contributed by atoms with van der Waals surface area (Å²) in [4.78, 5) is 0. The molecule has 1 rings (SSSR count). The molecule has 3 atom stereocenters. The molecule has 0 N–H and O–H groups in total. The van der Waals surface area contributed by atoms with Crippen molar-refractivity contribution in [3.63, 3.8) is 0 Å². The van der Waals surface area contributed by atoms with Crippen LogP contribution >= 0.6 is 0 Å². The van der Waals surface area contributed by atoms with Crippen LogP contribution in [0.4, 0.5) is 0 Å². The molecule has 0 aromatic carbocycles. The van der Waals surface area contributed by atoms with Gasteiger partial charge in [-0.15, -0.1) is 0 Å². The van der Waals surface area contributed by atoms with Crippen LogP contribution in [-0.2, 0) is 0 Å². The third-order valence-corrected chi connectivity index (χ3v) is 5.17. The summed E-state index contributed by atoms with van der Waals surface area (Å²) in [5.41, 5.74) is 4.74. The zero-order chi connectivity index (χ0) is 17.5. The van der Waals surface area contributed by atoms with E-state index in [0.717, 1.165) is 6.42 Å². The van der Waals surface area contributed by atoms with Crippen LogP contribution < -0.4 is 0 Å². The zero-order valence-corrected chi connectivity index (χ0v) is 16.4. The second-order valence-electron chi connectivity index (χ2n) is 7.98. The van der Waals surface area contributed by atoms with Crippen molar-refractivity contribution in [1.29, 1.82) is 0 Å². The minimum atomic E-state index is 0.292. The maximum atomic E-state index is 4.44. The SMILES string of the molecule is C=C1CC(C)(CCC=C(C)C)C=CC1C(C)/C=C(\CC)CCC. The second kappa shape index (κ2) is 9.30. The highest BCUT2D eigenvalue weighted by Gasteiger charge is 2.30. The normalized spacial score (nSPS) is 26.3. The van der Waals surface area contributed by atoms with Crippen molar-refractivity contribution in [3.05, 3.63) is 47.6 Å². The highest BCUT2D eigenvalue weighted by Crippen LogP contribution is 2.42. The van der Waals surface area contributed by atoms with E-state index in [9.17, 15) is 0 Å². The van der Waals surface area contributed by atoms with E-state index < -0.39 is 0 Å². The summed E-state index contributed by atoms with van der Waals surface area (Å²) in [5.74, 6) is 1.09. The Morgan fingerprint density at radius 1 is 1.39 bits per heavy atom. The van der Waals surface area contributed by atoms with Crippen molar-refractivity contribution in [2.75, 3.05) is 0 Å². The molecular weight excluding hydrogens is 276 g/mol. The Morgan fingerprint density at radius 2 is 2.09 bits per heavy atom. The molecule has 0 heteroatoms. The Kier molecular flexibility index (Phi) is 8.09. The van der Waals surface area contributed by atoms with Crippen molar-refractivity contribution in [2.24, 2.45) is 17.3 Å². The smallest absolute Gasteiger partial charge is 0.00349 e. The van der Waals surface area contributed by atoms with Gasteiger partial charge in [0.1, 0.15) is 0 Å². The van der Waals surface area contributed by atoms with Gasteiger partial charge >= 0.3 is 0 Å². The summed E-state index contributed by atoms with van der Waals surface area (Å²) in [6.45, 7) is 18.1. The molecule has 0 amide bonds. The van der Waals surface area contributed by atoms with Crippen LogP contribution in [0.2, 0.25) is 0 Å². The first-order valence-corrected chi connectivity index (χ1v) is 9.51. The molecular formula is C23H38. The first-order chi connectivity index (χ1) is 10.8. The third kappa shape index (κ3) is 6.53. The molecule has 0 heterocycles. The quantitative estimate of drug-likeness (QED) is 0.404. The Morgan fingerprint density at radius 3 is 2.61 bits per heavy atom. The largest absolute Gasteiger partial charge is 0.0992 e. The number of allylic oxidation sites excluding steroid dienone is 7. The van der Waals surface area contributed by atoms with E-state index in [0.29, 0.717) is 17.3 Å². The molecule has 1 aliphatic carbocycles. The molecule has 0 radical (unpaired) electrons. The van der Waals surface area contributed by atoms with Gasteiger partial charge in [-0.1, -0.05) is 81.7 Å². The first kappa shape index (κ1) is 20.0. The van der Waals surface area contributed by atoms with Crippen molar-refractivity contribution in [2.45, 2.75) is 80.1 Å². The lowest BCUT2D eigenvalue weighted by molar-refractivity contribution is 0.350. The van der Waals surface area contributed by atoms with Crippen LogP contribution in [0.1, 0.15) is 80.1 Å². The van der Waals surface area contributed by atoms with E-state index in [-0.39, 0.29) is 0 Å². The van der Waals surface area contributed by atoms with Gasteiger partial charge in [0, 0.05) is 5.92 Å². The molecule has 0 aromatic heterocycles. The molecule has 0 bridgehead atoms. The van der Waals surface area contributed by atoms with Crippen molar-refractivity contribution in [1.82, 2.24) is 0 Å². The second-order valence-corrected chi connectivity index (χ2v) is 7.98. The van der Waals surface area contributed by atoms with Gasteiger partial charge in [0.15, 0.2) is 0 Å². The van der Waals surface area contributed by atoms with Gasteiger partial charge < -0.3 is 0 Å². The third-order valence-electron chi connectivity index (χ3n) is 5.17. The van der Waals surface area contributed by atoms with Crippen LogP contribution in [0.15, 0.2) is 47.6 Å². The average Bonchev–Trinajstić information content (AvgIpc) is 2.45. The lowest BCUT2D eigenvalue weighted by Gasteiger charge is -2.36. The highest BCUT2D eigenvalue weighted by molar-refractivity contribution is 5.24. The van der Waals surface area contributed by atoms with Gasteiger partial charge in [-0.3, -0.25) is 0 Å². The summed E-state index contributed by atoms with van der Waals surface area (Å²) in [7, 11) is 0. The maximum Gasteiger partial charge on any atom is 0.00349 e. The van der Waals surface area contributed by atoms with Crippen LogP contribution in [-0.4, -0.2) is 0 Å². The van der Waals surface area contributed by atoms with Crippen molar-refractivity contribution >= 4 is 0 Å². The molecule has 0 aromatic rings. The molecule has 0 aliphatic heterocycles. The molecule has 0 spiro atoms. The Bertz CT molecular complexity index is 470. The van der Waals surface area contributed by atoms with E-state index in [2.05, 4.69) is 72.4 Å². The van der Waals surface area contributed by atoms with Gasteiger partial charge in [0.2, 0.25) is 0 Å². The minimum Gasteiger partial charge on any atom is -0.0992 e. The lowest BCUT2D eigenvalue weighted by atomic mass is 9.69. The van der Waals surface area contributed by atoms with Crippen LogP contribution in [0.3, 0.4) is 0 Å². The van der Waals surface area contributed by atoms with E-state index in [1.54, 1.807) is 5.57 Å². The van der Waals surface area contributed by atoms with Gasteiger partial charge in [-0.25, -0.2) is 0 Å². The predicted octanol–water partition coefficient (Wildman–Crippen LogP) is 7.64. The highest BCUT2D eigenvalue weighted by atomic mass is 14.3. The molecule has 0 fully saturated rings. The molecule has 0 saturated carbocycles. The Hall–Kier alpha value is -1.04. The molecule has 0 nitrogen and oxygen atoms in total. The summed E-state index contributed by atoms with van der Waals surface area (Å²) in [6.07, 6.45) is 17.0. The summed E-state index contributed by atoms with van der Waals surface area (Å²) in [6, 6.07) is 0. The first-order valence-electron chi connectivity index (χ1n) is 9.51. The lowest BCUT2D eigenvalue weighted by Crippen LogP contribution is -2.24. The van der Waals surface area contributed by atoms with Crippen LogP contribution in [0.25, 0.3) is 0 Å². The topological polar surface area (TPSA) is 0 Å². The fraction of sp³-hybridized carbons (Fsp3) is 0.652. The van der Waals surface area contributed by atoms with Gasteiger partial charge in [0.25, 0.3) is 0 Å². The molecule has 3 unspecified atom stereocenters. The summed E-state index contributed by atoms with van der Waals surface area (Å²) in [5, 5.41) is 0. The zero-order valence-electron chi connectivity index (χ0n) is 16.4. The Balaban J connectivity index is 2.76. The van der Waals surface area contributed by atoms with Crippen molar-refractivity contribution in [3.8, 4) is 0 Å². The van der Waals surface area contributed by atoms with Gasteiger partial charge in [0.05, 0.1) is 0 Å². The monoisotopic (exact) mass is 314 g/mol. The molecule has 130 valence electrons. The molecule has 0 saturated heterocycles. The van der Waals surface area contributed by atoms with Gasteiger partial charge in [-0.05, 0) is 57.3 Å². The number of hydrogen-bond acceptors (Lipinski definition) is 0. The summed E-state index contributed by atoms with van der Waals surface area (Å²) >= 11 is 0. The number of rotatable bonds is 8. The Labute approximate surface area is 145 Å². The van der Waals surface area contributed by atoms with E-state index >= 15 is 0 Å². The minimum absolute atomic E-state index is 0.292. The van der Waals surface area contributed by atoms with E-state index in [4.69, 9.17) is 0 Å². The van der Waals surface area contributed by atoms with E-state index in [1.165, 1.54) is 43.3 Å². The fourth-order valence-electron chi connectivity index (χ4n) is 3.75. The molecule has 1 aliphatic rings. The van der Waals surface area contributed by atoms with E-state index in [1.807, 2.05) is 0 Å². The van der Waals surface area contributed by atoms with Crippen LogP contribution in [0, 0.1) is 17.3 Å².